The van der Waals surface area contributed by atoms with Crippen LogP contribution in [0.15, 0.2) is 30.5 Å². The maximum Gasteiger partial charge on any atom is 0.259 e. The minimum atomic E-state index is -0.157. The number of rotatable bonds is 3. The van der Waals surface area contributed by atoms with Gasteiger partial charge in [0.25, 0.3) is 5.91 Å². The van der Waals surface area contributed by atoms with Crippen LogP contribution in [0.4, 0.5) is 5.69 Å². The number of anilines is 1. The third-order valence-corrected chi connectivity index (χ3v) is 3.46. The molecule has 4 heteroatoms. The first kappa shape index (κ1) is 12.8. The van der Waals surface area contributed by atoms with Gasteiger partial charge < -0.3 is 5.32 Å². The highest BCUT2D eigenvalue weighted by Gasteiger charge is 2.27. The molecule has 3 rings (SSSR count). The van der Waals surface area contributed by atoms with Crippen LogP contribution in [0.3, 0.4) is 0 Å². The summed E-state index contributed by atoms with van der Waals surface area (Å²) in [5.41, 5.74) is 3.18. The number of nitrogens with one attached hydrogen (secondary N) is 1. The Hall–Kier alpha value is -2.23. The molecule has 1 heterocycles. The molecule has 20 heavy (non-hydrogen) atoms. The molecule has 0 spiro atoms. The van der Waals surface area contributed by atoms with Crippen LogP contribution >= 0.6 is 0 Å². The predicted molar refractivity (Wildman–Crippen MR) is 77.9 cm³/mol. The maximum absolute atomic E-state index is 12.3. The lowest BCUT2D eigenvalue weighted by Crippen LogP contribution is -2.15. The lowest BCUT2D eigenvalue weighted by atomic mass is 10.2. The molecule has 4 nitrogen and oxygen atoms in total. The summed E-state index contributed by atoms with van der Waals surface area (Å²) in [6.45, 7) is 3.85. The zero-order chi connectivity index (χ0) is 14.1. The number of aryl methyl sites for hydroxylation is 2. The summed E-state index contributed by atoms with van der Waals surface area (Å²) < 4.78 is 0. The number of hydrogen-bond acceptors (Lipinski definition) is 3. The molecule has 1 N–H and O–H groups in total. The number of benzene rings is 1. The van der Waals surface area contributed by atoms with Crippen molar-refractivity contribution in [1.82, 2.24) is 9.97 Å². The maximum atomic E-state index is 12.3. The third kappa shape index (κ3) is 2.69. The third-order valence-electron chi connectivity index (χ3n) is 3.46. The first-order valence-electron chi connectivity index (χ1n) is 6.85. The van der Waals surface area contributed by atoms with Gasteiger partial charge in [-0.3, -0.25) is 4.79 Å². The van der Waals surface area contributed by atoms with E-state index in [1.165, 1.54) is 0 Å². The molecule has 1 aliphatic carbocycles. The molecule has 1 aliphatic rings. The van der Waals surface area contributed by atoms with Crippen LogP contribution < -0.4 is 5.32 Å². The zero-order valence-electron chi connectivity index (χ0n) is 11.7. The van der Waals surface area contributed by atoms with E-state index in [9.17, 15) is 4.79 Å². The standard InChI is InChI=1S/C16H17N3O/c1-10-4-3-5-13(8-10)19-16(20)14-9-17-15(12-6-7-12)18-11(14)2/h3-5,8-9,12H,6-7H2,1-2H3,(H,19,20). The van der Waals surface area contributed by atoms with Gasteiger partial charge in [0.05, 0.1) is 11.3 Å². The molecule has 0 aliphatic heterocycles. The quantitative estimate of drug-likeness (QED) is 0.929. The van der Waals surface area contributed by atoms with E-state index >= 15 is 0 Å². The first-order chi connectivity index (χ1) is 9.63. The molecule has 0 unspecified atom stereocenters. The van der Waals surface area contributed by atoms with Gasteiger partial charge in [0.1, 0.15) is 5.82 Å². The molecule has 1 fully saturated rings. The van der Waals surface area contributed by atoms with Gasteiger partial charge in [0, 0.05) is 17.8 Å². The molecule has 1 saturated carbocycles. The van der Waals surface area contributed by atoms with E-state index in [4.69, 9.17) is 0 Å². The molecule has 102 valence electrons. The van der Waals surface area contributed by atoms with Crippen molar-refractivity contribution in [3.8, 4) is 0 Å². The number of carbonyl (C=O) groups excluding carboxylic acids is 1. The van der Waals surface area contributed by atoms with Crippen LogP contribution in [0.25, 0.3) is 0 Å². The Kier molecular flexibility index (Phi) is 3.22. The van der Waals surface area contributed by atoms with Crippen molar-refractivity contribution >= 4 is 11.6 Å². The summed E-state index contributed by atoms with van der Waals surface area (Å²) in [5, 5.41) is 2.89. The topological polar surface area (TPSA) is 54.9 Å². The Labute approximate surface area is 118 Å². The Bertz CT molecular complexity index is 663. The second-order valence-electron chi connectivity index (χ2n) is 5.33. The fourth-order valence-corrected chi connectivity index (χ4v) is 2.17. The lowest BCUT2D eigenvalue weighted by molar-refractivity contribution is 0.102. The van der Waals surface area contributed by atoms with Crippen molar-refractivity contribution in [3.63, 3.8) is 0 Å². The average molecular weight is 267 g/mol. The summed E-state index contributed by atoms with van der Waals surface area (Å²) in [6, 6.07) is 7.73. The van der Waals surface area contributed by atoms with Crippen molar-refractivity contribution < 1.29 is 4.79 Å². The minimum absolute atomic E-state index is 0.157. The van der Waals surface area contributed by atoms with Crippen LogP contribution in [-0.2, 0) is 0 Å². The van der Waals surface area contributed by atoms with Gasteiger partial charge in [-0.1, -0.05) is 12.1 Å². The summed E-state index contributed by atoms with van der Waals surface area (Å²) in [7, 11) is 0. The van der Waals surface area contributed by atoms with Gasteiger partial charge in [-0.25, -0.2) is 9.97 Å². The van der Waals surface area contributed by atoms with Gasteiger partial charge in [-0.15, -0.1) is 0 Å². The van der Waals surface area contributed by atoms with Crippen molar-refractivity contribution in [2.45, 2.75) is 32.6 Å². The molecule has 0 radical (unpaired) electrons. The minimum Gasteiger partial charge on any atom is -0.322 e. The fourth-order valence-electron chi connectivity index (χ4n) is 2.17. The Balaban J connectivity index is 1.79. The molecule has 1 aromatic carbocycles. The van der Waals surface area contributed by atoms with E-state index in [2.05, 4.69) is 15.3 Å². The van der Waals surface area contributed by atoms with Crippen LogP contribution in [0.1, 0.15) is 46.2 Å². The summed E-state index contributed by atoms with van der Waals surface area (Å²) in [5.74, 6) is 1.22. The van der Waals surface area contributed by atoms with E-state index in [1.54, 1.807) is 6.20 Å². The number of carbonyl (C=O) groups is 1. The fraction of sp³-hybridized carbons (Fsp3) is 0.312. The largest absolute Gasteiger partial charge is 0.322 e. The monoisotopic (exact) mass is 267 g/mol. The predicted octanol–water partition coefficient (Wildman–Crippen LogP) is 3.22. The van der Waals surface area contributed by atoms with Crippen molar-refractivity contribution in [2.75, 3.05) is 5.32 Å². The second-order valence-corrected chi connectivity index (χ2v) is 5.33. The van der Waals surface area contributed by atoms with E-state index in [1.807, 2.05) is 38.1 Å². The molecule has 1 amide bonds. The van der Waals surface area contributed by atoms with Crippen LogP contribution in [0.5, 0.6) is 0 Å². The molecule has 0 atom stereocenters. The van der Waals surface area contributed by atoms with E-state index in [-0.39, 0.29) is 5.91 Å². The van der Waals surface area contributed by atoms with Gasteiger partial charge in [0.2, 0.25) is 0 Å². The van der Waals surface area contributed by atoms with Gasteiger partial charge in [-0.2, -0.15) is 0 Å². The first-order valence-corrected chi connectivity index (χ1v) is 6.85. The van der Waals surface area contributed by atoms with Crippen molar-refractivity contribution in [1.29, 1.82) is 0 Å². The number of nitrogens with zero attached hydrogens (tertiary/aromatic N) is 2. The van der Waals surface area contributed by atoms with Gasteiger partial charge in [0.15, 0.2) is 0 Å². The summed E-state index contributed by atoms with van der Waals surface area (Å²) in [4.78, 5) is 21.0. The lowest BCUT2D eigenvalue weighted by Gasteiger charge is -2.08. The molecular weight excluding hydrogens is 250 g/mol. The zero-order valence-corrected chi connectivity index (χ0v) is 11.7. The highest BCUT2D eigenvalue weighted by Crippen LogP contribution is 2.37. The molecule has 2 aromatic rings. The Morgan fingerprint density at radius 2 is 2.10 bits per heavy atom. The molecule has 0 bridgehead atoms. The van der Waals surface area contributed by atoms with Crippen LogP contribution in [0, 0.1) is 13.8 Å². The van der Waals surface area contributed by atoms with Crippen LogP contribution in [-0.4, -0.2) is 15.9 Å². The van der Waals surface area contributed by atoms with Crippen molar-refractivity contribution in [2.24, 2.45) is 0 Å². The molecular formula is C16H17N3O. The second kappa shape index (κ2) is 5.04. The normalized spacial score (nSPS) is 14.1. The SMILES string of the molecule is Cc1cccc(NC(=O)c2cnc(C3CC3)nc2C)c1. The molecule has 1 aromatic heterocycles. The number of aromatic nitrogens is 2. The average Bonchev–Trinajstić information content (AvgIpc) is 3.22. The Morgan fingerprint density at radius 3 is 2.75 bits per heavy atom. The highest BCUT2D eigenvalue weighted by molar-refractivity contribution is 6.04. The summed E-state index contributed by atoms with van der Waals surface area (Å²) >= 11 is 0. The summed E-state index contributed by atoms with van der Waals surface area (Å²) in [6.07, 6.45) is 3.96. The van der Waals surface area contributed by atoms with Crippen LogP contribution in [0.2, 0.25) is 0 Å². The number of hydrogen-bond donors (Lipinski definition) is 1. The number of amides is 1. The molecule has 0 saturated heterocycles. The van der Waals surface area contributed by atoms with E-state index in [0.29, 0.717) is 11.5 Å². The highest BCUT2D eigenvalue weighted by atomic mass is 16.1. The van der Waals surface area contributed by atoms with Gasteiger partial charge in [-0.05, 0) is 44.4 Å². The van der Waals surface area contributed by atoms with E-state index < -0.39 is 0 Å². The van der Waals surface area contributed by atoms with E-state index in [0.717, 1.165) is 35.6 Å². The van der Waals surface area contributed by atoms with Crippen molar-refractivity contribution in [3.05, 3.63) is 53.1 Å². The van der Waals surface area contributed by atoms with Gasteiger partial charge >= 0.3 is 0 Å². The Morgan fingerprint density at radius 1 is 1.30 bits per heavy atom. The smallest absolute Gasteiger partial charge is 0.259 e.